The summed E-state index contributed by atoms with van der Waals surface area (Å²) in [6.07, 6.45) is -1.75. The maximum absolute atomic E-state index is 10.6. The van der Waals surface area contributed by atoms with Gasteiger partial charge in [0.15, 0.2) is 0 Å². The van der Waals surface area contributed by atoms with Gasteiger partial charge in [0.1, 0.15) is 0 Å². The first-order chi connectivity index (χ1) is 8.95. The van der Waals surface area contributed by atoms with Crippen molar-refractivity contribution in [2.75, 3.05) is 27.7 Å². The summed E-state index contributed by atoms with van der Waals surface area (Å²) in [7, 11) is 2.28. The van der Waals surface area contributed by atoms with Gasteiger partial charge in [0.25, 0.3) is 16.3 Å². The van der Waals surface area contributed by atoms with E-state index in [1.165, 1.54) is 6.54 Å². The Hall–Kier alpha value is -1.64. The number of rotatable bonds is 3. The first kappa shape index (κ1) is 18.4. The standard InChI is InChI=1S/C7H6O6S.C5H14N/c8-7(9)13-5-1-3-6(4-2-5)14(10,11)12;1-5-6(2,3)4/h1-4H,(H,8,9)(H,10,11,12);5H2,1-4H3/q;+1/p-1. The van der Waals surface area contributed by atoms with E-state index in [0.717, 1.165) is 28.7 Å². The van der Waals surface area contributed by atoms with E-state index in [9.17, 15) is 18.3 Å². The molecule has 1 aromatic carbocycles. The Balaban J connectivity index is 0.000000511. The molecule has 0 heterocycles. The summed E-state index contributed by atoms with van der Waals surface area (Å²) in [5, 5.41) is 9.95. The second-order valence-corrected chi connectivity index (χ2v) is 6.33. The fraction of sp³-hybridized carbons (Fsp3) is 0.417. The summed E-state index contributed by atoms with van der Waals surface area (Å²) in [6, 6.07) is 4.18. The summed E-state index contributed by atoms with van der Waals surface area (Å²) in [6.45, 7) is 3.39. The number of carbonyl (C=O) groups is 1. The Bertz CT molecular complexity index is 530. The number of carbonyl (C=O) groups excluding carboxylic acids is 1. The first-order valence-corrected chi connectivity index (χ1v) is 7.16. The number of carboxylic acid groups (broad SMARTS) is 1. The topological polar surface area (TPSA) is 104 Å². The SMILES string of the molecule is CC[N+](C)(C)C.O=C([O-])Oc1ccc(S(=O)(=O)O)cc1. The number of quaternary nitrogens is 1. The van der Waals surface area contributed by atoms with Crippen molar-refractivity contribution in [3.8, 4) is 5.75 Å². The minimum absolute atomic E-state index is 0.0857. The van der Waals surface area contributed by atoms with Crippen molar-refractivity contribution >= 4 is 16.3 Å². The van der Waals surface area contributed by atoms with Gasteiger partial charge < -0.3 is 19.1 Å². The molecule has 0 saturated heterocycles. The van der Waals surface area contributed by atoms with Crippen LogP contribution in [-0.2, 0) is 10.1 Å². The number of hydrogen-bond acceptors (Lipinski definition) is 5. The molecule has 1 rings (SSSR count). The predicted octanol–water partition coefficient (Wildman–Crippen LogP) is 0.368. The molecule has 0 saturated carbocycles. The summed E-state index contributed by atoms with van der Waals surface area (Å²) >= 11 is 0. The third-order valence-electron chi connectivity index (χ3n) is 2.27. The van der Waals surface area contributed by atoms with Crippen LogP contribution in [0.1, 0.15) is 6.92 Å². The highest BCUT2D eigenvalue weighted by atomic mass is 32.2. The predicted molar refractivity (Wildman–Crippen MR) is 70.9 cm³/mol. The van der Waals surface area contributed by atoms with Gasteiger partial charge >= 0.3 is 0 Å². The zero-order valence-corrected chi connectivity index (χ0v) is 12.7. The molecule has 0 amide bonds. The quantitative estimate of drug-likeness (QED) is 0.374. The van der Waals surface area contributed by atoms with E-state index < -0.39 is 16.3 Å². The maximum Gasteiger partial charge on any atom is 0.294 e. The van der Waals surface area contributed by atoms with Gasteiger partial charge in [0.05, 0.1) is 38.3 Å². The normalized spacial score (nSPS) is 11.2. The molecule has 0 fully saturated rings. The van der Waals surface area contributed by atoms with Gasteiger partial charge in [-0.3, -0.25) is 4.55 Å². The number of nitrogens with zero attached hydrogens (tertiary/aromatic N) is 1. The molecule has 7 nitrogen and oxygen atoms in total. The van der Waals surface area contributed by atoms with Crippen LogP contribution in [0.5, 0.6) is 5.75 Å². The van der Waals surface area contributed by atoms with Gasteiger partial charge in [-0.1, -0.05) is 0 Å². The summed E-state index contributed by atoms with van der Waals surface area (Å²) in [5.74, 6) is -0.0857. The molecule has 8 heteroatoms. The fourth-order valence-electron chi connectivity index (χ4n) is 0.776. The summed E-state index contributed by atoms with van der Waals surface area (Å²) < 4.78 is 34.8. The van der Waals surface area contributed by atoms with Crippen LogP contribution in [0.15, 0.2) is 29.2 Å². The Kier molecular flexibility index (Phi) is 6.63. The Morgan fingerprint density at radius 2 is 1.65 bits per heavy atom. The van der Waals surface area contributed by atoms with Crippen molar-refractivity contribution in [3.63, 3.8) is 0 Å². The Morgan fingerprint density at radius 3 is 1.90 bits per heavy atom. The van der Waals surface area contributed by atoms with Crippen LogP contribution >= 0.6 is 0 Å². The third kappa shape index (κ3) is 8.46. The largest absolute Gasteiger partial charge is 0.514 e. The van der Waals surface area contributed by atoms with E-state index in [2.05, 4.69) is 32.8 Å². The van der Waals surface area contributed by atoms with Crippen LogP contribution in [0.2, 0.25) is 0 Å². The maximum atomic E-state index is 10.6. The monoisotopic (exact) mass is 305 g/mol. The van der Waals surface area contributed by atoms with E-state index in [-0.39, 0.29) is 10.6 Å². The molecule has 0 bridgehead atoms. The van der Waals surface area contributed by atoms with Gasteiger partial charge in [-0.05, 0) is 31.2 Å². The average molecular weight is 305 g/mol. The van der Waals surface area contributed by atoms with E-state index in [1.54, 1.807) is 0 Å². The molecule has 114 valence electrons. The molecule has 0 spiro atoms. The Morgan fingerprint density at radius 1 is 1.25 bits per heavy atom. The lowest BCUT2D eigenvalue weighted by molar-refractivity contribution is -0.868. The second-order valence-electron chi connectivity index (χ2n) is 4.91. The van der Waals surface area contributed by atoms with Crippen LogP contribution < -0.4 is 9.84 Å². The zero-order valence-electron chi connectivity index (χ0n) is 11.9. The highest BCUT2D eigenvalue weighted by molar-refractivity contribution is 7.85. The molecule has 1 N–H and O–H groups in total. The van der Waals surface area contributed by atoms with Crippen molar-refractivity contribution in [2.45, 2.75) is 11.8 Å². The third-order valence-corrected chi connectivity index (χ3v) is 3.14. The number of ether oxygens (including phenoxy) is 1. The molecule has 1 aromatic rings. The van der Waals surface area contributed by atoms with Crippen molar-refractivity contribution in [2.24, 2.45) is 0 Å². The molecule has 0 aliphatic carbocycles. The zero-order chi connectivity index (χ0) is 16.0. The highest BCUT2D eigenvalue weighted by Gasteiger charge is 2.07. The molecule has 0 aliphatic heterocycles. The molecule has 20 heavy (non-hydrogen) atoms. The van der Waals surface area contributed by atoms with Crippen LogP contribution in [0.3, 0.4) is 0 Å². The summed E-state index contributed by atoms with van der Waals surface area (Å²) in [5.41, 5.74) is 0. The van der Waals surface area contributed by atoms with Crippen molar-refractivity contribution < 1.29 is 32.1 Å². The Labute approximate surface area is 118 Å². The minimum atomic E-state index is -4.27. The first-order valence-electron chi connectivity index (χ1n) is 5.72. The number of hydrogen-bond donors (Lipinski definition) is 1. The molecule has 0 aliphatic rings. The molecule has 0 atom stereocenters. The van der Waals surface area contributed by atoms with Gasteiger partial charge in [0, 0.05) is 0 Å². The van der Waals surface area contributed by atoms with Gasteiger partial charge in [-0.15, -0.1) is 0 Å². The van der Waals surface area contributed by atoms with E-state index >= 15 is 0 Å². The van der Waals surface area contributed by atoms with Gasteiger partial charge in [-0.25, -0.2) is 0 Å². The second kappa shape index (κ2) is 7.22. The van der Waals surface area contributed by atoms with E-state index in [1.807, 2.05) is 0 Å². The lowest BCUT2D eigenvalue weighted by Crippen LogP contribution is -2.33. The van der Waals surface area contributed by atoms with Crippen LogP contribution in [0, 0.1) is 0 Å². The molecule has 0 radical (unpaired) electrons. The van der Waals surface area contributed by atoms with Gasteiger partial charge in [-0.2, -0.15) is 8.42 Å². The average Bonchev–Trinajstić information content (AvgIpc) is 2.27. The summed E-state index contributed by atoms with van der Waals surface area (Å²) in [4.78, 5) is 9.61. The highest BCUT2D eigenvalue weighted by Crippen LogP contribution is 2.15. The lowest BCUT2D eigenvalue weighted by Gasteiger charge is -2.20. The van der Waals surface area contributed by atoms with Crippen molar-refractivity contribution in [3.05, 3.63) is 24.3 Å². The smallest absolute Gasteiger partial charge is 0.294 e. The molecular weight excluding hydrogens is 286 g/mol. The molecule has 0 aromatic heterocycles. The molecule has 0 unspecified atom stereocenters. The minimum Gasteiger partial charge on any atom is -0.514 e. The van der Waals surface area contributed by atoms with Crippen LogP contribution in [-0.4, -0.2) is 51.3 Å². The van der Waals surface area contributed by atoms with E-state index in [0.29, 0.717) is 0 Å². The lowest BCUT2D eigenvalue weighted by atomic mass is 10.3. The number of benzene rings is 1. The van der Waals surface area contributed by atoms with Crippen molar-refractivity contribution in [1.29, 1.82) is 0 Å². The van der Waals surface area contributed by atoms with Gasteiger partial charge in [0.2, 0.25) is 0 Å². The molecular formula is C12H19NO6S. The van der Waals surface area contributed by atoms with E-state index in [4.69, 9.17) is 4.55 Å². The van der Waals surface area contributed by atoms with Crippen LogP contribution in [0.25, 0.3) is 0 Å². The van der Waals surface area contributed by atoms with Crippen LogP contribution in [0.4, 0.5) is 4.79 Å². The van der Waals surface area contributed by atoms with Crippen molar-refractivity contribution in [1.82, 2.24) is 0 Å². The fourth-order valence-corrected chi connectivity index (χ4v) is 1.26.